The molecule has 0 radical (unpaired) electrons. The van der Waals surface area contributed by atoms with Gasteiger partial charge < -0.3 is 10.0 Å². The van der Waals surface area contributed by atoms with E-state index in [-0.39, 0.29) is 11.4 Å². The fourth-order valence-electron chi connectivity index (χ4n) is 2.14. The van der Waals surface area contributed by atoms with Gasteiger partial charge in [-0.05, 0) is 38.1 Å². The number of benzene rings is 1. The van der Waals surface area contributed by atoms with Crippen molar-refractivity contribution in [2.24, 2.45) is 0 Å². The van der Waals surface area contributed by atoms with Gasteiger partial charge in [0.1, 0.15) is 17.8 Å². The van der Waals surface area contributed by atoms with Crippen LogP contribution < -0.4 is 4.90 Å². The maximum atomic E-state index is 10.9. The van der Waals surface area contributed by atoms with Gasteiger partial charge in [-0.3, -0.25) is 10.1 Å². The van der Waals surface area contributed by atoms with Gasteiger partial charge in [0.05, 0.1) is 4.92 Å². The Morgan fingerprint density at radius 1 is 1.41 bits per heavy atom. The SMILES string of the molecule is CCN(Cc1cc(Br)ccc1O)c1cc(C)c([N+](=O)[O-])cn1. The Bertz CT molecular complexity index is 706. The van der Waals surface area contributed by atoms with Gasteiger partial charge in [-0.2, -0.15) is 0 Å². The number of nitrogens with zero attached hydrogens (tertiary/aromatic N) is 3. The fourth-order valence-corrected chi connectivity index (χ4v) is 2.55. The van der Waals surface area contributed by atoms with E-state index in [2.05, 4.69) is 20.9 Å². The minimum atomic E-state index is -0.442. The number of halogens is 1. The zero-order valence-electron chi connectivity index (χ0n) is 12.3. The van der Waals surface area contributed by atoms with Crippen molar-refractivity contribution in [3.05, 3.63) is 56.2 Å². The molecule has 6 nitrogen and oxygen atoms in total. The highest BCUT2D eigenvalue weighted by Gasteiger charge is 2.15. The van der Waals surface area contributed by atoms with Gasteiger partial charge in [-0.25, -0.2) is 4.98 Å². The Morgan fingerprint density at radius 3 is 2.73 bits per heavy atom. The first-order chi connectivity index (χ1) is 10.4. The summed E-state index contributed by atoms with van der Waals surface area (Å²) in [7, 11) is 0. The van der Waals surface area contributed by atoms with E-state index in [1.54, 1.807) is 25.1 Å². The molecular formula is C15H16BrN3O3. The minimum absolute atomic E-state index is 0.00473. The highest BCUT2D eigenvalue weighted by molar-refractivity contribution is 9.10. The quantitative estimate of drug-likeness (QED) is 0.643. The number of hydrogen-bond donors (Lipinski definition) is 1. The summed E-state index contributed by atoms with van der Waals surface area (Å²) < 4.78 is 0.879. The second kappa shape index (κ2) is 6.74. The van der Waals surface area contributed by atoms with E-state index in [0.29, 0.717) is 24.5 Å². The van der Waals surface area contributed by atoms with Crippen LogP contribution in [0, 0.1) is 17.0 Å². The molecule has 0 amide bonds. The highest BCUT2D eigenvalue weighted by atomic mass is 79.9. The van der Waals surface area contributed by atoms with Gasteiger partial charge in [-0.1, -0.05) is 15.9 Å². The van der Waals surface area contributed by atoms with Crippen molar-refractivity contribution in [1.29, 1.82) is 0 Å². The third-order valence-corrected chi connectivity index (χ3v) is 3.87. The molecular weight excluding hydrogens is 350 g/mol. The number of phenols is 1. The summed E-state index contributed by atoms with van der Waals surface area (Å²) in [5, 5.41) is 20.8. The summed E-state index contributed by atoms with van der Waals surface area (Å²) >= 11 is 3.38. The molecule has 0 unspecified atom stereocenters. The topological polar surface area (TPSA) is 79.5 Å². The summed E-state index contributed by atoms with van der Waals surface area (Å²) in [6.07, 6.45) is 1.27. The molecule has 1 heterocycles. The molecule has 1 N–H and O–H groups in total. The predicted molar refractivity (Wildman–Crippen MR) is 88.2 cm³/mol. The maximum absolute atomic E-state index is 10.9. The Morgan fingerprint density at radius 2 is 2.14 bits per heavy atom. The van der Waals surface area contributed by atoms with Gasteiger partial charge in [0.25, 0.3) is 5.69 Å². The molecule has 2 rings (SSSR count). The predicted octanol–water partition coefficient (Wildman–Crippen LogP) is 3.79. The van der Waals surface area contributed by atoms with E-state index >= 15 is 0 Å². The molecule has 22 heavy (non-hydrogen) atoms. The van der Waals surface area contributed by atoms with Crippen LogP contribution in [-0.4, -0.2) is 21.6 Å². The molecule has 0 saturated heterocycles. The van der Waals surface area contributed by atoms with Crippen LogP contribution >= 0.6 is 15.9 Å². The van der Waals surface area contributed by atoms with Crippen molar-refractivity contribution in [1.82, 2.24) is 4.98 Å². The number of hydrogen-bond acceptors (Lipinski definition) is 5. The molecule has 0 atom stereocenters. The standard InChI is InChI=1S/C15H16BrN3O3/c1-3-18(9-11-7-12(16)4-5-14(11)20)15-6-10(2)13(8-17-15)19(21)22/h4-8,20H,3,9H2,1-2H3. The molecule has 0 saturated carbocycles. The van der Waals surface area contributed by atoms with Gasteiger partial charge >= 0.3 is 0 Å². The molecule has 2 aromatic rings. The zero-order valence-corrected chi connectivity index (χ0v) is 13.9. The van der Waals surface area contributed by atoms with E-state index in [9.17, 15) is 15.2 Å². The lowest BCUT2D eigenvalue weighted by Gasteiger charge is -2.22. The molecule has 0 spiro atoms. The minimum Gasteiger partial charge on any atom is -0.508 e. The van der Waals surface area contributed by atoms with E-state index in [1.807, 2.05) is 17.9 Å². The summed E-state index contributed by atoms with van der Waals surface area (Å²) in [6, 6.07) is 6.93. The Labute approximate surface area is 136 Å². The number of pyridine rings is 1. The number of anilines is 1. The number of rotatable bonds is 5. The molecule has 7 heteroatoms. The maximum Gasteiger partial charge on any atom is 0.290 e. The third kappa shape index (κ3) is 3.54. The zero-order chi connectivity index (χ0) is 16.3. The lowest BCUT2D eigenvalue weighted by Crippen LogP contribution is -2.23. The largest absolute Gasteiger partial charge is 0.508 e. The first kappa shape index (κ1) is 16.2. The van der Waals surface area contributed by atoms with Crippen LogP contribution in [0.2, 0.25) is 0 Å². The number of aryl methyl sites for hydroxylation is 1. The molecule has 116 valence electrons. The van der Waals surface area contributed by atoms with Crippen LogP contribution in [0.15, 0.2) is 34.9 Å². The van der Waals surface area contributed by atoms with E-state index in [0.717, 1.165) is 10.0 Å². The van der Waals surface area contributed by atoms with Crippen LogP contribution in [0.5, 0.6) is 5.75 Å². The van der Waals surface area contributed by atoms with Crippen LogP contribution in [0.4, 0.5) is 11.5 Å². The van der Waals surface area contributed by atoms with Crippen molar-refractivity contribution in [3.8, 4) is 5.75 Å². The highest BCUT2D eigenvalue weighted by Crippen LogP contribution is 2.26. The number of aromatic nitrogens is 1. The average Bonchev–Trinajstić information content (AvgIpc) is 2.47. The van der Waals surface area contributed by atoms with E-state index in [4.69, 9.17) is 0 Å². The van der Waals surface area contributed by atoms with Crippen LogP contribution in [0.25, 0.3) is 0 Å². The summed E-state index contributed by atoms with van der Waals surface area (Å²) in [6.45, 7) is 4.78. The second-order valence-corrected chi connectivity index (χ2v) is 5.79. The Kier molecular flexibility index (Phi) is 4.97. The summed E-state index contributed by atoms with van der Waals surface area (Å²) in [5.74, 6) is 0.852. The van der Waals surface area contributed by atoms with E-state index in [1.165, 1.54) is 6.20 Å². The number of phenolic OH excluding ortho intramolecular Hbond substituents is 1. The average molecular weight is 366 g/mol. The molecule has 0 aliphatic carbocycles. The fraction of sp³-hybridized carbons (Fsp3) is 0.267. The van der Waals surface area contributed by atoms with Gasteiger partial charge in [0, 0.05) is 28.7 Å². The monoisotopic (exact) mass is 365 g/mol. The van der Waals surface area contributed by atoms with Crippen molar-refractivity contribution in [2.45, 2.75) is 20.4 Å². The molecule has 1 aromatic carbocycles. The van der Waals surface area contributed by atoms with Gasteiger partial charge in [0.2, 0.25) is 0 Å². The van der Waals surface area contributed by atoms with Crippen molar-refractivity contribution in [3.63, 3.8) is 0 Å². The van der Waals surface area contributed by atoms with Crippen LogP contribution in [0.3, 0.4) is 0 Å². The first-order valence-electron chi connectivity index (χ1n) is 6.75. The Balaban J connectivity index is 2.30. The van der Waals surface area contributed by atoms with Gasteiger partial charge in [-0.15, -0.1) is 0 Å². The molecule has 0 fully saturated rings. The lowest BCUT2D eigenvalue weighted by atomic mass is 10.2. The van der Waals surface area contributed by atoms with Crippen LogP contribution in [0.1, 0.15) is 18.1 Å². The second-order valence-electron chi connectivity index (χ2n) is 4.87. The lowest BCUT2D eigenvalue weighted by molar-refractivity contribution is -0.385. The number of nitro groups is 1. The Hall–Kier alpha value is -2.15. The smallest absolute Gasteiger partial charge is 0.290 e. The van der Waals surface area contributed by atoms with E-state index < -0.39 is 4.92 Å². The molecule has 0 bridgehead atoms. The summed E-state index contributed by atoms with van der Waals surface area (Å²) in [5.41, 5.74) is 1.33. The van der Waals surface area contributed by atoms with Crippen molar-refractivity contribution < 1.29 is 10.0 Å². The molecule has 0 aliphatic rings. The van der Waals surface area contributed by atoms with Crippen molar-refractivity contribution in [2.75, 3.05) is 11.4 Å². The number of aromatic hydroxyl groups is 1. The van der Waals surface area contributed by atoms with Gasteiger partial charge in [0.15, 0.2) is 0 Å². The van der Waals surface area contributed by atoms with Crippen molar-refractivity contribution >= 4 is 27.4 Å². The molecule has 1 aromatic heterocycles. The normalized spacial score (nSPS) is 10.5. The summed E-state index contributed by atoms with van der Waals surface area (Å²) in [4.78, 5) is 16.5. The molecule has 0 aliphatic heterocycles. The first-order valence-corrected chi connectivity index (χ1v) is 7.55. The third-order valence-electron chi connectivity index (χ3n) is 3.37. The van der Waals surface area contributed by atoms with Crippen LogP contribution in [-0.2, 0) is 6.54 Å².